The van der Waals surface area contributed by atoms with Gasteiger partial charge in [-0.05, 0) is 12.1 Å². The Morgan fingerprint density at radius 3 is 2.93 bits per heavy atom. The number of aromatic nitrogens is 3. The molecule has 0 atom stereocenters. The Balaban J connectivity index is 2.58. The number of alkyl halides is 1. The molecule has 3 nitrogen and oxygen atoms in total. The van der Waals surface area contributed by atoms with E-state index in [1.807, 2.05) is 0 Å². The molecule has 0 aliphatic heterocycles. The zero-order valence-electron chi connectivity index (χ0n) is 7.19. The molecule has 0 fully saturated rings. The molecule has 0 amide bonds. The van der Waals surface area contributed by atoms with Gasteiger partial charge in [0, 0.05) is 5.56 Å². The highest BCUT2D eigenvalue weighted by Crippen LogP contribution is 2.18. The Morgan fingerprint density at radius 2 is 2.29 bits per heavy atom. The average Bonchev–Trinajstić information content (AvgIpc) is 2.70. The maximum Gasteiger partial charge on any atom is 0.138 e. The third kappa shape index (κ3) is 1.48. The van der Waals surface area contributed by atoms with E-state index in [1.54, 1.807) is 12.1 Å². The Bertz CT molecular complexity index is 428. The van der Waals surface area contributed by atoms with Gasteiger partial charge < -0.3 is 0 Å². The zero-order chi connectivity index (χ0) is 9.97. The molecule has 0 spiro atoms. The topological polar surface area (TPSA) is 30.7 Å². The van der Waals surface area contributed by atoms with Crippen molar-refractivity contribution in [3.63, 3.8) is 0 Å². The molecule has 0 radical (unpaired) electrons. The first kappa shape index (κ1) is 9.15. The van der Waals surface area contributed by atoms with Crippen molar-refractivity contribution >= 4 is 11.6 Å². The van der Waals surface area contributed by atoms with Crippen LogP contribution in [0.3, 0.4) is 0 Å². The van der Waals surface area contributed by atoms with Crippen LogP contribution in [0.2, 0.25) is 0 Å². The minimum Gasteiger partial charge on any atom is -0.223 e. The Morgan fingerprint density at radius 1 is 1.43 bits per heavy atom. The van der Waals surface area contributed by atoms with E-state index < -0.39 is 0 Å². The van der Waals surface area contributed by atoms with Gasteiger partial charge in [-0.25, -0.2) is 14.1 Å². The molecule has 1 aromatic carbocycles. The van der Waals surface area contributed by atoms with Gasteiger partial charge in [-0.3, -0.25) is 0 Å². The summed E-state index contributed by atoms with van der Waals surface area (Å²) in [5.41, 5.74) is 1.05. The lowest BCUT2D eigenvalue weighted by Crippen LogP contribution is -2.00. The summed E-state index contributed by atoms with van der Waals surface area (Å²) in [4.78, 5) is 3.79. The van der Waals surface area contributed by atoms with Gasteiger partial charge in [0.1, 0.15) is 18.5 Å². The standard InChI is InChI=1S/C9H7ClFN3/c10-4-7-8(11)2-1-3-9(7)14-6-12-5-13-14/h1-3,5-6H,4H2. The predicted octanol–water partition coefficient (Wildman–Crippen LogP) is 2.15. The summed E-state index contributed by atoms with van der Waals surface area (Å²) in [7, 11) is 0. The maximum atomic E-state index is 13.3. The molecule has 0 N–H and O–H groups in total. The summed E-state index contributed by atoms with van der Waals surface area (Å²) in [6.07, 6.45) is 2.90. The lowest BCUT2D eigenvalue weighted by atomic mass is 10.2. The first-order valence-corrected chi connectivity index (χ1v) is 4.54. The Hall–Kier alpha value is -1.42. The molecule has 0 unspecified atom stereocenters. The van der Waals surface area contributed by atoms with Crippen molar-refractivity contribution in [3.8, 4) is 5.69 Å². The largest absolute Gasteiger partial charge is 0.223 e. The van der Waals surface area contributed by atoms with Crippen molar-refractivity contribution in [2.45, 2.75) is 5.88 Å². The molecule has 2 rings (SSSR count). The van der Waals surface area contributed by atoms with E-state index in [0.29, 0.717) is 11.3 Å². The maximum absolute atomic E-state index is 13.3. The Kier molecular flexibility index (Phi) is 2.45. The van der Waals surface area contributed by atoms with Gasteiger partial charge in [-0.2, -0.15) is 5.10 Å². The van der Waals surface area contributed by atoms with E-state index >= 15 is 0 Å². The quantitative estimate of drug-likeness (QED) is 0.713. The van der Waals surface area contributed by atoms with E-state index in [1.165, 1.54) is 23.4 Å². The van der Waals surface area contributed by atoms with Gasteiger partial charge in [-0.1, -0.05) is 6.07 Å². The summed E-state index contributed by atoms with van der Waals surface area (Å²) < 4.78 is 14.8. The normalized spacial score (nSPS) is 10.4. The summed E-state index contributed by atoms with van der Waals surface area (Å²) in [5.74, 6) is -0.213. The van der Waals surface area contributed by atoms with Crippen molar-refractivity contribution in [2.75, 3.05) is 0 Å². The monoisotopic (exact) mass is 211 g/mol. The number of rotatable bonds is 2. The number of halogens is 2. The molecule has 72 valence electrons. The highest BCUT2D eigenvalue weighted by atomic mass is 35.5. The van der Waals surface area contributed by atoms with Crippen LogP contribution in [-0.2, 0) is 5.88 Å². The van der Waals surface area contributed by atoms with E-state index in [9.17, 15) is 4.39 Å². The van der Waals surface area contributed by atoms with Crippen LogP contribution in [0.1, 0.15) is 5.56 Å². The molecule has 0 aliphatic rings. The molecular weight excluding hydrogens is 205 g/mol. The van der Waals surface area contributed by atoms with E-state index in [0.717, 1.165) is 0 Å². The van der Waals surface area contributed by atoms with Crippen LogP contribution >= 0.6 is 11.6 Å². The number of nitrogens with zero attached hydrogens (tertiary/aromatic N) is 3. The molecular formula is C9H7ClFN3. The Labute approximate surface area is 85.1 Å². The minimum absolute atomic E-state index is 0.113. The van der Waals surface area contributed by atoms with Crippen LogP contribution in [0, 0.1) is 5.82 Å². The van der Waals surface area contributed by atoms with Crippen LogP contribution < -0.4 is 0 Å². The van der Waals surface area contributed by atoms with Gasteiger partial charge in [0.25, 0.3) is 0 Å². The highest BCUT2D eigenvalue weighted by molar-refractivity contribution is 6.17. The van der Waals surface area contributed by atoms with Gasteiger partial charge in [0.15, 0.2) is 0 Å². The number of hydrogen-bond donors (Lipinski definition) is 0. The van der Waals surface area contributed by atoms with Gasteiger partial charge in [-0.15, -0.1) is 11.6 Å². The van der Waals surface area contributed by atoms with E-state index in [-0.39, 0.29) is 11.7 Å². The fourth-order valence-corrected chi connectivity index (χ4v) is 1.49. The van der Waals surface area contributed by atoms with Crippen LogP contribution in [0.25, 0.3) is 5.69 Å². The molecule has 0 saturated heterocycles. The van der Waals surface area contributed by atoms with Crippen molar-refractivity contribution < 1.29 is 4.39 Å². The lowest BCUT2D eigenvalue weighted by Gasteiger charge is -2.06. The zero-order valence-corrected chi connectivity index (χ0v) is 7.95. The van der Waals surface area contributed by atoms with Crippen molar-refractivity contribution in [1.82, 2.24) is 14.8 Å². The number of benzene rings is 1. The van der Waals surface area contributed by atoms with Gasteiger partial charge in [0.05, 0.1) is 11.6 Å². The molecule has 0 bridgehead atoms. The van der Waals surface area contributed by atoms with Crippen molar-refractivity contribution in [2.24, 2.45) is 0 Å². The summed E-state index contributed by atoms with van der Waals surface area (Å²) in [6, 6.07) is 4.73. The highest BCUT2D eigenvalue weighted by Gasteiger charge is 2.08. The van der Waals surface area contributed by atoms with Crippen molar-refractivity contribution in [3.05, 3.63) is 42.2 Å². The molecule has 2 aromatic rings. The van der Waals surface area contributed by atoms with Gasteiger partial charge in [0.2, 0.25) is 0 Å². The smallest absolute Gasteiger partial charge is 0.138 e. The summed E-state index contributed by atoms with van der Waals surface area (Å²) >= 11 is 5.65. The molecule has 0 aliphatic carbocycles. The second-order valence-electron chi connectivity index (χ2n) is 2.71. The molecule has 1 heterocycles. The molecule has 1 aromatic heterocycles. The lowest BCUT2D eigenvalue weighted by molar-refractivity contribution is 0.613. The van der Waals surface area contributed by atoms with Crippen molar-refractivity contribution in [1.29, 1.82) is 0 Å². The first-order valence-electron chi connectivity index (χ1n) is 4.01. The number of hydrogen-bond acceptors (Lipinski definition) is 2. The summed E-state index contributed by atoms with van der Waals surface area (Å²) in [6.45, 7) is 0. The van der Waals surface area contributed by atoms with Crippen LogP contribution in [0.15, 0.2) is 30.9 Å². The average molecular weight is 212 g/mol. The van der Waals surface area contributed by atoms with Crippen LogP contribution in [0.4, 0.5) is 4.39 Å². The fraction of sp³-hybridized carbons (Fsp3) is 0.111. The summed E-state index contributed by atoms with van der Waals surface area (Å²) in [5, 5.41) is 3.92. The third-order valence-corrected chi connectivity index (χ3v) is 2.16. The second-order valence-corrected chi connectivity index (χ2v) is 2.98. The molecule has 14 heavy (non-hydrogen) atoms. The van der Waals surface area contributed by atoms with Crippen LogP contribution in [0.5, 0.6) is 0 Å². The first-order chi connectivity index (χ1) is 6.83. The fourth-order valence-electron chi connectivity index (χ4n) is 1.23. The molecule has 0 saturated carbocycles. The van der Waals surface area contributed by atoms with E-state index in [2.05, 4.69) is 10.1 Å². The minimum atomic E-state index is -0.326. The SMILES string of the molecule is Fc1cccc(-n2cncn2)c1CCl. The van der Waals surface area contributed by atoms with E-state index in [4.69, 9.17) is 11.6 Å². The predicted molar refractivity (Wildman–Crippen MR) is 50.9 cm³/mol. The van der Waals surface area contributed by atoms with Crippen LogP contribution in [-0.4, -0.2) is 14.8 Å². The third-order valence-electron chi connectivity index (χ3n) is 1.89. The van der Waals surface area contributed by atoms with Gasteiger partial charge >= 0.3 is 0 Å². The molecule has 5 heteroatoms. The second kappa shape index (κ2) is 3.75.